The normalized spacial score (nSPS) is 13.5. The molecule has 41 heavy (non-hydrogen) atoms. The van der Waals surface area contributed by atoms with Gasteiger partial charge in [0.05, 0.1) is 11.8 Å². The molecule has 3 aromatic rings. The minimum absolute atomic E-state index is 0.0219. The number of aryl methyl sites for hydroxylation is 1. The van der Waals surface area contributed by atoms with E-state index in [-0.39, 0.29) is 34.9 Å². The summed E-state index contributed by atoms with van der Waals surface area (Å²) in [4.78, 5) is 14.8. The number of carbonyl (C=O) groups is 1. The molecular weight excluding hydrogens is 569 g/mol. The Morgan fingerprint density at radius 2 is 1.56 bits per heavy atom. The molecule has 0 spiro atoms. The molecule has 2 atom stereocenters. The molecular formula is C28H30F5N3O4S. The van der Waals surface area contributed by atoms with Crippen LogP contribution in [0, 0.1) is 11.6 Å². The van der Waals surface area contributed by atoms with Crippen molar-refractivity contribution in [2.45, 2.75) is 44.0 Å². The van der Waals surface area contributed by atoms with Gasteiger partial charge in [-0.25, -0.2) is 8.78 Å². The Labute approximate surface area is 235 Å². The highest BCUT2D eigenvalue weighted by atomic mass is 32.2. The molecule has 3 N–H and O–H groups in total. The number of nitrogens with two attached hydrogens (primary N) is 1. The highest BCUT2D eigenvalue weighted by Gasteiger charge is 2.49. The zero-order chi connectivity index (χ0) is 30.5. The van der Waals surface area contributed by atoms with Gasteiger partial charge in [0.15, 0.2) is 0 Å². The van der Waals surface area contributed by atoms with Crippen LogP contribution in [0.1, 0.15) is 34.0 Å². The summed E-state index contributed by atoms with van der Waals surface area (Å²) in [5, 5.41) is 10.9. The average molecular weight is 600 g/mol. The van der Waals surface area contributed by atoms with E-state index in [1.54, 1.807) is 12.1 Å². The largest absolute Gasteiger partial charge is 0.516 e. The first-order valence-corrected chi connectivity index (χ1v) is 14.0. The van der Waals surface area contributed by atoms with Crippen molar-refractivity contribution in [1.29, 1.82) is 0 Å². The Bertz CT molecular complexity index is 1460. The van der Waals surface area contributed by atoms with Crippen LogP contribution in [0.2, 0.25) is 0 Å². The van der Waals surface area contributed by atoms with E-state index in [2.05, 4.69) is 0 Å². The van der Waals surface area contributed by atoms with Gasteiger partial charge in [-0.3, -0.25) is 9.10 Å². The molecule has 0 aromatic heterocycles. The number of hydrogen-bond donors (Lipinski definition) is 2. The van der Waals surface area contributed by atoms with Crippen LogP contribution in [0.5, 0.6) is 0 Å². The molecule has 7 nitrogen and oxygen atoms in total. The third kappa shape index (κ3) is 8.02. The van der Waals surface area contributed by atoms with Crippen LogP contribution in [0.25, 0.3) is 0 Å². The average Bonchev–Trinajstić information content (AvgIpc) is 2.90. The fourth-order valence-corrected chi connectivity index (χ4v) is 4.90. The van der Waals surface area contributed by atoms with Gasteiger partial charge in [0.25, 0.3) is 5.91 Å². The molecule has 2 unspecified atom stereocenters. The number of carbonyl (C=O) groups excluding carboxylic acids is 1. The molecule has 0 bridgehead atoms. The Morgan fingerprint density at radius 1 is 0.951 bits per heavy atom. The third-order valence-corrected chi connectivity index (χ3v) is 7.98. The zero-order valence-corrected chi connectivity index (χ0v) is 23.1. The number of aliphatic hydroxyl groups is 1. The number of halogens is 5. The lowest BCUT2D eigenvalue weighted by atomic mass is 10.0. The maximum Gasteiger partial charge on any atom is 0.516 e. The first-order chi connectivity index (χ1) is 19.1. The molecule has 0 fully saturated rings. The van der Waals surface area contributed by atoms with Crippen LogP contribution in [0.4, 0.5) is 27.6 Å². The van der Waals surface area contributed by atoms with Gasteiger partial charge in [-0.05, 0) is 59.9 Å². The summed E-state index contributed by atoms with van der Waals surface area (Å²) in [6.45, 7) is 1.58. The van der Waals surface area contributed by atoms with E-state index in [4.69, 9.17) is 5.73 Å². The molecule has 0 aliphatic heterocycles. The maximum atomic E-state index is 13.6. The lowest BCUT2D eigenvalue weighted by Gasteiger charge is -2.29. The van der Waals surface area contributed by atoms with Crippen LogP contribution >= 0.6 is 0 Å². The summed E-state index contributed by atoms with van der Waals surface area (Å²) in [5.74, 6) is -2.34. The fraction of sp³-hybridized carbons (Fsp3) is 0.321. The van der Waals surface area contributed by atoms with Crippen molar-refractivity contribution < 1.29 is 40.3 Å². The first kappa shape index (κ1) is 32.0. The van der Waals surface area contributed by atoms with Crippen LogP contribution in [-0.2, 0) is 29.4 Å². The lowest BCUT2D eigenvalue weighted by molar-refractivity contribution is -0.0437. The predicted octanol–water partition coefficient (Wildman–Crippen LogP) is 4.39. The predicted molar refractivity (Wildman–Crippen MR) is 144 cm³/mol. The lowest BCUT2D eigenvalue weighted by Crippen LogP contribution is -2.46. The second-order valence-corrected chi connectivity index (χ2v) is 11.5. The molecule has 222 valence electrons. The molecule has 0 saturated heterocycles. The van der Waals surface area contributed by atoms with Gasteiger partial charge < -0.3 is 15.7 Å². The summed E-state index contributed by atoms with van der Waals surface area (Å²) in [6.07, 6.45) is -0.767. The molecule has 13 heteroatoms. The van der Waals surface area contributed by atoms with Gasteiger partial charge in [-0.1, -0.05) is 37.3 Å². The number of hydrogen-bond acceptors (Lipinski definition) is 5. The standard InChI is InChI=1S/C28H30F5N3O4S/c1-3-18-6-4-7-19(10-18)16-36(17-26(37)25(34)13-20-11-22(29)15-23(30)12-20)27(38)21-8-5-9-24(14-21)35(2)41(39,40)28(31,32)33/h4-12,14-15,25-26,37H,3,13,16-17,34H2,1-2H3. The number of nitrogens with zero attached hydrogens (tertiary/aromatic N) is 2. The number of amides is 1. The van der Waals surface area contributed by atoms with Crippen LogP contribution in [0.15, 0.2) is 66.7 Å². The van der Waals surface area contributed by atoms with E-state index >= 15 is 0 Å². The van der Waals surface area contributed by atoms with Crippen molar-refractivity contribution in [3.05, 3.63) is 101 Å². The number of aliphatic hydroxyl groups excluding tert-OH is 1. The highest BCUT2D eigenvalue weighted by Crippen LogP contribution is 2.30. The van der Waals surface area contributed by atoms with Crippen molar-refractivity contribution in [2.75, 3.05) is 17.9 Å². The Morgan fingerprint density at radius 3 is 2.17 bits per heavy atom. The molecule has 0 aliphatic rings. The third-order valence-electron chi connectivity index (χ3n) is 6.47. The van der Waals surface area contributed by atoms with Crippen molar-refractivity contribution in [3.63, 3.8) is 0 Å². The van der Waals surface area contributed by atoms with Crippen LogP contribution in [0.3, 0.4) is 0 Å². The van der Waals surface area contributed by atoms with Crippen molar-refractivity contribution in [1.82, 2.24) is 4.90 Å². The van der Waals surface area contributed by atoms with Crippen molar-refractivity contribution in [2.24, 2.45) is 5.73 Å². The molecule has 0 radical (unpaired) electrons. The van der Waals surface area contributed by atoms with E-state index in [0.29, 0.717) is 18.1 Å². The first-order valence-electron chi connectivity index (χ1n) is 12.5. The van der Waals surface area contributed by atoms with Crippen molar-refractivity contribution in [3.8, 4) is 0 Å². The van der Waals surface area contributed by atoms with Gasteiger partial charge in [0, 0.05) is 37.8 Å². The van der Waals surface area contributed by atoms with Crippen molar-refractivity contribution >= 4 is 21.6 Å². The highest BCUT2D eigenvalue weighted by molar-refractivity contribution is 7.93. The van der Waals surface area contributed by atoms with E-state index in [1.807, 2.05) is 19.1 Å². The van der Waals surface area contributed by atoms with Crippen LogP contribution in [-0.4, -0.2) is 55.6 Å². The summed E-state index contributed by atoms with van der Waals surface area (Å²) in [6, 6.07) is 13.7. The second-order valence-electron chi connectivity index (χ2n) is 9.54. The van der Waals surface area contributed by atoms with E-state index in [9.17, 15) is 40.3 Å². The molecule has 0 heterocycles. The Balaban J connectivity index is 1.91. The molecule has 3 aromatic carbocycles. The molecule has 1 amide bonds. The monoisotopic (exact) mass is 599 g/mol. The molecule has 0 aliphatic carbocycles. The summed E-state index contributed by atoms with van der Waals surface area (Å²) < 4.78 is 90.3. The minimum Gasteiger partial charge on any atom is -0.390 e. The number of benzene rings is 3. The van der Waals surface area contributed by atoms with Gasteiger partial charge >= 0.3 is 15.5 Å². The van der Waals surface area contributed by atoms with Gasteiger partial charge in [-0.15, -0.1) is 0 Å². The summed E-state index contributed by atoms with van der Waals surface area (Å²) in [7, 11) is -5.00. The number of rotatable bonds is 11. The Hall–Kier alpha value is -3.55. The van der Waals surface area contributed by atoms with E-state index in [1.165, 1.54) is 17.0 Å². The molecule has 0 saturated carbocycles. The number of sulfonamides is 1. The van der Waals surface area contributed by atoms with E-state index in [0.717, 1.165) is 36.9 Å². The van der Waals surface area contributed by atoms with E-state index < -0.39 is 50.9 Å². The quantitative estimate of drug-likeness (QED) is 0.319. The summed E-state index contributed by atoms with van der Waals surface area (Å²) in [5.41, 5.74) is 1.90. The van der Waals surface area contributed by atoms with Crippen LogP contribution < -0.4 is 10.0 Å². The second kappa shape index (κ2) is 13.0. The SMILES string of the molecule is CCc1cccc(CN(CC(O)C(N)Cc2cc(F)cc(F)c2)C(=O)c2cccc(N(C)S(=O)(=O)C(F)(F)F)c2)c1. The number of alkyl halides is 3. The minimum atomic E-state index is -5.72. The maximum absolute atomic E-state index is 13.6. The zero-order valence-electron chi connectivity index (χ0n) is 22.3. The van der Waals surface area contributed by atoms with Gasteiger partial charge in [0.2, 0.25) is 0 Å². The van der Waals surface area contributed by atoms with Gasteiger partial charge in [-0.2, -0.15) is 21.6 Å². The summed E-state index contributed by atoms with van der Waals surface area (Å²) >= 11 is 0. The molecule has 3 rings (SSSR count). The number of anilines is 1. The Kier molecular flexibility index (Phi) is 10.1. The van der Waals surface area contributed by atoms with Gasteiger partial charge in [0.1, 0.15) is 11.6 Å². The topological polar surface area (TPSA) is 104 Å². The fourth-order valence-electron chi connectivity index (χ4n) is 4.20. The smallest absolute Gasteiger partial charge is 0.390 e.